The molecule has 0 aliphatic carbocycles. The van der Waals surface area contributed by atoms with E-state index in [-0.39, 0.29) is 23.8 Å². The Morgan fingerprint density at radius 1 is 1.14 bits per heavy atom. The van der Waals surface area contributed by atoms with E-state index in [1.807, 2.05) is 18.9 Å². The highest BCUT2D eigenvalue weighted by Gasteiger charge is 2.17. The molecule has 0 bridgehead atoms. The second-order valence-corrected chi connectivity index (χ2v) is 6.41. The molecule has 0 aliphatic heterocycles. The largest absolute Gasteiger partial charge is 0.469 e. The van der Waals surface area contributed by atoms with Crippen LogP contribution in [-0.2, 0) is 14.3 Å². The van der Waals surface area contributed by atoms with Gasteiger partial charge in [0.15, 0.2) is 0 Å². The van der Waals surface area contributed by atoms with E-state index in [0.29, 0.717) is 19.0 Å². The minimum absolute atomic E-state index is 0.00612. The molecule has 124 valence electrons. The number of carbonyl (C=O) groups excluding carboxylic acids is 2. The van der Waals surface area contributed by atoms with Crippen LogP contribution in [0.4, 0.5) is 0 Å². The molecule has 0 aromatic heterocycles. The van der Waals surface area contributed by atoms with Gasteiger partial charge in [-0.15, -0.1) is 0 Å². The van der Waals surface area contributed by atoms with Gasteiger partial charge in [-0.2, -0.15) is 0 Å². The molecular formula is C16H32N2O3. The van der Waals surface area contributed by atoms with Crippen LogP contribution in [0.2, 0.25) is 0 Å². The highest BCUT2D eigenvalue weighted by atomic mass is 16.5. The van der Waals surface area contributed by atoms with Crippen molar-refractivity contribution in [3.8, 4) is 0 Å². The summed E-state index contributed by atoms with van der Waals surface area (Å²) in [6.45, 7) is 9.07. The van der Waals surface area contributed by atoms with Gasteiger partial charge in [-0.1, -0.05) is 33.6 Å². The van der Waals surface area contributed by atoms with E-state index in [0.717, 1.165) is 12.8 Å². The van der Waals surface area contributed by atoms with Crippen molar-refractivity contribution in [1.82, 2.24) is 10.2 Å². The zero-order valence-corrected chi connectivity index (χ0v) is 14.4. The number of methoxy groups -OCH3 is 1. The van der Waals surface area contributed by atoms with Crippen LogP contribution in [0.15, 0.2) is 0 Å². The van der Waals surface area contributed by atoms with Gasteiger partial charge in [-0.25, -0.2) is 0 Å². The lowest BCUT2D eigenvalue weighted by Crippen LogP contribution is -2.41. The molecule has 1 N–H and O–H groups in total. The molecule has 0 fully saturated rings. The molecule has 0 aromatic rings. The van der Waals surface area contributed by atoms with E-state index < -0.39 is 0 Å². The number of likely N-dealkylation sites (N-methyl/N-ethyl adjacent to an activating group) is 1. The zero-order chi connectivity index (χ0) is 16.4. The maximum atomic E-state index is 11.9. The van der Waals surface area contributed by atoms with Crippen molar-refractivity contribution < 1.29 is 14.3 Å². The molecule has 1 amide bonds. The van der Waals surface area contributed by atoms with Crippen LogP contribution in [0.3, 0.4) is 0 Å². The average molecular weight is 300 g/mol. The van der Waals surface area contributed by atoms with Crippen LogP contribution in [0.5, 0.6) is 0 Å². The topological polar surface area (TPSA) is 58.6 Å². The molecular weight excluding hydrogens is 268 g/mol. The third-order valence-electron chi connectivity index (χ3n) is 3.43. The fraction of sp³-hybridized carbons (Fsp3) is 0.875. The lowest BCUT2D eigenvalue weighted by Gasteiger charge is -2.21. The SMILES string of the molecule is COC(=O)C(C)CN(C)CC(=O)NC(C)CCCC(C)C. The average Bonchev–Trinajstić information content (AvgIpc) is 2.36. The van der Waals surface area contributed by atoms with Crippen molar-refractivity contribution in [3.05, 3.63) is 0 Å². The van der Waals surface area contributed by atoms with E-state index in [4.69, 9.17) is 0 Å². The predicted octanol–water partition coefficient (Wildman–Crippen LogP) is 2.06. The number of esters is 1. The molecule has 5 heteroatoms. The summed E-state index contributed by atoms with van der Waals surface area (Å²) in [6.07, 6.45) is 3.33. The van der Waals surface area contributed by atoms with Crippen LogP contribution >= 0.6 is 0 Å². The Hall–Kier alpha value is -1.10. The summed E-state index contributed by atoms with van der Waals surface area (Å²) in [6, 6.07) is 0.197. The van der Waals surface area contributed by atoms with Gasteiger partial charge >= 0.3 is 5.97 Å². The van der Waals surface area contributed by atoms with Crippen LogP contribution in [-0.4, -0.2) is 50.1 Å². The molecule has 0 aliphatic rings. The summed E-state index contributed by atoms with van der Waals surface area (Å²) in [7, 11) is 3.22. The standard InChI is InChI=1S/C16H32N2O3/c1-12(2)8-7-9-14(4)17-15(19)11-18(5)10-13(3)16(20)21-6/h12-14H,7-11H2,1-6H3,(H,17,19). The van der Waals surface area contributed by atoms with E-state index in [9.17, 15) is 9.59 Å². The number of hydrogen-bond acceptors (Lipinski definition) is 4. The molecule has 2 atom stereocenters. The first kappa shape index (κ1) is 19.9. The van der Waals surface area contributed by atoms with Crippen molar-refractivity contribution in [1.29, 1.82) is 0 Å². The Kier molecular flexibility index (Phi) is 10.0. The molecule has 5 nitrogen and oxygen atoms in total. The Morgan fingerprint density at radius 2 is 1.76 bits per heavy atom. The lowest BCUT2D eigenvalue weighted by molar-refractivity contribution is -0.145. The van der Waals surface area contributed by atoms with Gasteiger partial charge in [0, 0.05) is 12.6 Å². The minimum atomic E-state index is -0.246. The summed E-state index contributed by atoms with van der Waals surface area (Å²) in [5.41, 5.74) is 0. The van der Waals surface area contributed by atoms with Gasteiger partial charge < -0.3 is 10.1 Å². The number of carbonyl (C=O) groups is 2. The quantitative estimate of drug-likeness (QED) is 0.627. The van der Waals surface area contributed by atoms with Crippen molar-refractivity contribution in [2.45, 2.75) is 53.0 Å². The van der Waals surface area contributed by atoms with Crippen LogP contribution in [0, 0.1) is 11.8 Å². The number of rotatable bonds is 10. The van der Waals surface area contributed by atoms with Gasteiger partial charge in [-0.3, -0.25) is 14.5 Å². The number of ether oxygens (including phenoxy) is 1. The fourth-order valence-electron chi connectivity index (χ4n) is 2.28. The summed E-state index contributed by atoms with van der Waals surface area (Å²) in [5, 5.41) is 3.00. The molecule has 21 heavy (non-hydrogen) atoms. The van der Waals surface area contributed by atoms with Gasteiger partial charge in [0.1, 0.15) is 0 Å². The maximum Gasteiger partial charge on any atom is 0.309 e. The molecule has 0 saturated heterocycles. The van der Waals surface area contributed by atoms with Gasteiger partial charge in [-0.05, 0) is 26.3 Å². The predicted molar refractivity (Wildman–Crippen MR) is 85.0 cm³/mol. The lowest BCUT2D eigenvalue weighted by atomic mass is 10.0. The normalized spacial score (nSPS) is 14.1. The third kappa shape index (κ3) is 10.3. The highest BCUT2D eigenvalue weighted by Crippen LogP contribution is 2.08. The van der Waals surface area contributed by atoms with Crippen LogP contribution < -0.4 is 5.32 Å². The van der Waals surface area contributed by atoms with Crippen molar-refractivity contribution in [2.75, 3.05) is 27.2 Å². The third-order valence-corrected chi connectivity index (χ3v) is 3.43. The molecule has 2 unspecified atom stereocenters. The Labute approximate surface area is 129 Å². The minimum Gasteiger partial charge on any atom is -0.469 e. The van der Waals surface area contributed by atoms with Gasteiger partial charge in [0.25, 0.3) is 0 Å². The smallest absolute Gasteiger partial charge is 0.309 e. The van der Waals surface area contributed by atoms with Crippen molar-refractivity contribution in [2.24, 2.45) is 11.8 Å². The Morgan fingerprint density at radius 3 is 2.29 bits per heavy atom. The molecule has 0 spiro atoms. The highest BCUT2D eigenvalue weighted by molar-refractivity contribution is 5.78. The van der Waals surface area contributed by atoms with Gasteiger partial charge in [0.2, 0.25) is 5.91 Å². The maximum absolute atomic E-state index is 11.9. The summed E-state index contributed by atoms with van der Waals surface area (Å²) in [5.74, 6) is 0.242. The van der Waals surface area contributed by atoms with E-state index in [2.05, 4.69) is 23.9 Å². The van der Waals surface area contributed by atoms with Crippen molar-refractivity contribution in [3.63, 3.8) is 0 Å². The molecule has 0 rings (SSSR count). The monoisotopic (exact) mass is 300 g/mol. The second kappa shape index (κ2) is 10.6. The summed E-state index contributed by atoms with van der Waals surface area (Å²) < 4.78 is 4.68. The van der Waals surface area contributed by atoms with Crippen molar-refractivity contribution >= 4 is 11.9 Å². The van der Waals surface area contributed by atoms with E-state index >= 15 is 0 Å². The molecule has 0 saturated carbocycles. The zero-order valence-electron chi connectivity index (χ0n) is 14.4. The first-order chi connectivity index (χ1) is 9.76. The number of nitrogens with one attached hydrogen (secondary N) is 1. The summed E-state index contributed by atoms with van der Waals surface area (Å²) in [4.78, 5) is 25.1. The first-order valence-corrected chi connectivity index (χ1v) is 7.82. The molecule has 0 radical (unpaired) electrons. The van der Waals surface area contributed by atoms with Crippen LogP contribution in [0.25, 0.3) is 0 Å². The molecule has 0 heterocycles. The van der Waals surface area contributed by atoms with Crippen LogP contribution in [0.1, 0.15) is 47.0 Å². The fourth-order valence-corrected chi connectivity index (χ4v) is 2.28. The second-order valence-electron chi connectivity index (χ2n) is 6.41. The van der Waals surface area contributed by atoms with Gasteiger partial charge in [0.05, 0.1) is 19.6 Å². The first-order valence-electron chi connectivity index (χ1n) is 7.82. The van der Waals surface area contributed by atoms with E-state index in [1.165, 1.54) is 13.5 Å². The Bertz CT molecular complexity index is 319. The molecule has 0 aromatic carbocycles. The Balaban J connectivity index is 3.93. The van der Waals surface area contributed by atoms with E-state index in [1.54, 1.807) is 6.92 Å². The number of nitrogens with zero attached hydrogens (tertiary/aromatic N) is 1. The number of hydrogen-bond donors (Lipinski definition) is 1. The summed E-state index contributed by atoms with van der Waals surface area (Å²) >= 11 is 0. The number of amides is 1.